The van der Waals surface area contributed by atoms with Crippen molar-refractivity contribution in [1.82, 2.24) is 0 Å². The average Bonchev–Trinajstić information content (AvgIpc) is 2.27. The minimum atomic E-state index is 0.482. The molecule has 0 aliphatic rings. The summed E-state index contributed by atoms with van der Waals surface area (Å²) < 4.78 is 0. The lowest BCUT2D eigenvalue weighted by Crippen LogP contribution is -2.23. The molecule has 0 aliphatic carbocycles. The first-order valence-corrected chi connectivity index (χ1v) is 6.16. The van der Waals surface area contributed by atoms with Gasteiger partial charge in [-0.2, -0.15) is 0 Å². The molecule has 0 saturated heterocycles. The van der Waals surface area contributed by atoms with Gasteiger partial charge in [0.05, 0.1) is 0 Å². The van der Waals surface area contributed by atoms with Crippen LogP contribution in [0.5, 0.6) is 0 Å². The molecule has 0 bridgehead atoms. The number of hydrogen-bond donors (Lipinski definition) is 2. The SMILES string of the molecule is CC(C)CN=C(N)Nc1ccc(C(C)C)cc1. The monoisotopic (exact) mass is 233 g/mol. The number of anilines is 1. The number of nitrogens with one attached hydrogen (secondary N) is 1. The van der Waals surface area contributed by atoms with E-state index in [1.807, 2.05) is 12.1 Å². The van der Waals surface area contributed by atoms with E-state index < -0.39 is 0 Å². The Morgan fingerprint density at radius 1 is 1.18 bits per heavy atom. The number of rotatable bonds is 4. The van der Waals surface area contributed by atoms with Crippen molar-refractivity contribution in [3.8, 4) is 0 Å². The summed E-state index contributed by atoms with van der Waals surface area (Å²) in [6.45, 7) is 9.35. The van der Waals surface area contributed by atoms with Crippen molar-refractivity contribution in [3.05, 3.63) is 29.8 Å². The number of guanidine groups is 1. The highest BCUT2D eigenvalue weighted by Crippen LogP contribution is 2.16. The first-order valence-electron chi connectivity index (χ1n) is 6.16. The van der Waals surface area contributed by atoms with Crippen molar-refractivity contribution < 1.29 is 0 Å². The van der Waals surface area contributed by atoms with Gasteiger partial charge in [0.2, 0.25) is 0 Å². The van der Waals surface area contributed by atoms with Crippen LogP contribution in [0.4, 0.5) is 5.69 Å². The van der Waals surface area contributed by atoms with E-state index in [4.69, 9.17) is 5.73 Å². The number of hydrogen-bond acceptors (Lipinski definition) is 1. The lowest BCUT2D eigenvalue weighted by Gasteiger charge is -2.09. The first-order chi connectivity index (χ1) is 7.99. The maximum absolute atomic E-state index is 5.79. The molecular formula is C14H23N3. The molecule has 0 fully saturated rings. The molecule has 3 heteroatoms. The van der Waals surface area contributed by atoms with Crippen molar-refractivity contribution in [1.29, 1.82) is 0 Å². The highest BCUT2D eigenvalue weighted by atomic mass is 15.1. The highest BCUT2D eigenvalue weighted by Gasteiger charge is 1.99. The number of aliphatic imine (C=N–C) groups is 1. The lowest BCUT2D eigenvalue weighted by atomic mass is 10.0. The Kier molecular flexibility index (Phi) is 5.01. The van der Waals surface area contributed by atoms with Gasteiger partial charge in [-0.3, -0.25) is 4.99 Å². The second kappa shape index (κ2) is 6.28. The van der Waals surface area contributed by atoms with Crippen LogP contribution < -0.4 is 11.1 Å². The molecule has 0 aromatic heterocycles. The van der Waals surface area contributed by atoms with E-state index in [-0.39, 0.29) is 0 Å². The number of benzene rings is 1. The maximum Gasteiger partial charge on any atom is 0.193 e. The molecule has 0 heterocycles. The minimum absolute atomic E-state index is 0.482. The average molecular weight is 233 g/mol. The van der Waals surface area contributed by atoms with Crippen LogP contribution in [0.1, 0.15) is 39.2 Å². The summed E-state index contributed by atoms with van der Waals surface area (Å²) in [6.07, 6.45) is 0. The van der Waals surface area contributed by atoms with Crippen molar-refractivity contribution in [2.75, 3.05) is 11.9 Å². The zero-order valence-corrected chi connectivity index (χ0v) is 11.2. The van der Waals surface area contributed by atoms with E-state index in [1.54, 1.807) is 0 Å². The van der Waals surface area contributed by atoms with Gasteiger partial charge in [0.1, 0.15) is 0 Å². The molecule has 1 aromatic rings. The Labute approximate surface area is 104 Å². The van der Waals surface area contributed by atoms with Gasteiger partial charge in [-0.1, -0.05) is 39.8 Å². The van der Waals surface area contributed by atoms with E-state index in [2.05, 4.69) is 50.1 Å². The van der Waals surface area contributed by atoms with Crippen LogP contribution in [0.2, 0.25) is 0 Å². The second-order valence-corrected chi connectivity index (χ2v) is 5.02. The zero-order chi connectivity index (χ0) is 12.8. The smallest absolute Gasteiger partial charge is 0.193 e. The van der Waals surface area contributed by atoms with E-state index >= 15 is 0 Å². The Balaban J connectivity index is 2.60. The van der Waals surface area contributed by atoms with E-state index in [1.165, 1.54) is 5.56 Å². The summed E-state index contributed by atoms with van der Waals surface area (Å²) in [7, 11) is 0. The Morgan fingerprint density at radius 2 is 1.76 bits per heavy atom. The Hall–Kier alpha value is -1.51. The van der Waals surface area contributed by atoms with Crippen LogP contribution >= 0.6 is 0 Å². The van der Waals surface area contributed by atoms with Gasteiger partial charge in [-0.05, 0) is 29.5 Å². The molecule has 0 amide bonds. The third kappa shape index (κ3) is 4.89. The Bertz CT molecular complexity index is 364. The van der Waals surface area contributed by atoms with Crippen molar-refractivity contribution >= 4 is 11.6 Å². The van der Waals surface area contributed by atoms with Crippen LogP contribution in [0.25, 0.3) is 0 Å². The fraction of sp³-hybridized carbons (Fsp3) is 0.500. The number of nitrogens with two attached hydrogens (primary N) is 1. The molecule has 0 spiro atoms. The molecule has 0 saturated carbocycles. The molecule has 1 aromatic carbocycles. The molecule has 0 atom stereocenters. The molecule has 0 radical (unpaired) electrons. The largest absolute Gasteiger partial charge is 0.370 e. The molecule has 0 aliphatic heterocycles. The van der Waals surface area contributed by atoms with Crippen LogP contribution in [0.3, 0.4) is 0 Å². The van der Waals surface area contributed by atoms with Crippen LogP contribution in [0.15, 0.2) is 29.3 Å². The normalized spacial score (nSPS) is 12.2. The predicted molar refractivity (Wildman–Crippen MR) is 75.5 cm³/mol. The molecular weight excluding hydrogens is 210 g/mol. The Morgan fingerprint density at radius 3 is 2.24 bits per heavy atom. The summed E-state index contributed by atoms with van der Waals surface area (Å²) in [5.74, 6) is 1.56. The van der Waals surface area contributed by atoms with Gasteiger partial charge in [-0.25, -0.2) is 0 Å². The topological polar surface area (TPSA) is 50.4 Å². The van der Waals surface area contributed by atoms with E-state index in [9.17, 15) is 0 Å². The van der Waals surface area contributed by atoms with E-state index in [0.29, 0.717) is 17.8 Å². The lowest BCUT2D eigenvalue weighted by molar-refractivity contribution is 0.665. The van der Waals surface area contributed by atoms with Crippen LogP contribution in [-0.2, 0) is 0 Å². The van der Waals surface area contributed by atoms with Gasteiger partial charge < -0.3 is 11.1 Å². The third-order valence-corrected chi connectivity index (χ3v) is 2.48. The summed E-state index contributed by atoms with van der Waals surface area (Å²) in [5.41, 5.74) is 8.10. The fourth-order valence-electron chi connectivity index (χ4n) is 1.42. The quantitative estimate of drug-likeness (QED) is 0.620. The van der Waals surface area contributed by atoms with Gasteiger partial charge >= 0.3 is 0 Å². The van der Waals surface area contributed by atoms with Crippen molar-refractivity contribution in [3.63, 3.8) is 0 Å². The van der Waals surface area contributed by atoms with Gasteiger partial charge in [0, 0.05) is 12.2 Å². The summed E-state index contributed by atoms with van der Waals surface area (Å²) in [5, 5.41) is 3.09. The van der Waals surface area contributed by atoms with Gasteiger partial charge in [0.15, 0.2) is 5.96 Å². The summed E-state index contributed by atoms with van der Waals surface area (Å²) in [4.78, 5) is 4.26. The van der Waals surface area contributed by atoms with Gasteiger partial charge in [0.25, 0.3) is 0 Å². The zero-order valence-electron chi connectivity index (χ0n) is 11.2. The standard InChI is InChI=1S/C14H23N3/c1-10(2)9-16-14(15)17-13-7-5-12(6-8-13)11(3)4/h5-8,10-11H,9H2,1-4H3,(H3,15,16,17). The van der Waals surface area contributed by atoms with E-state index in [0.717, 1.165) is 12.2 Å². The maximum atomic E-state index is 5.79. The van der Waals surface area contributed by atoms with Gasteiger partial charge in [-0.15, -0.1) is 0 Å². The molecule has 0 unspecified atom stereocenters. The molecule has 3 N–H and O–H groups in total. The molecule has 17 heavy (non-hydrogen) atoms. The number of nitrogens with zero attached hydrogens (tertiary/aromatic N) is 1. The molecule has 1 rings (SSSR count). The second-order valence-electron chi connectivity index (χ2n) is 5.02. The molecule has 94 valence electrons. The highest BCUT2D eigenvalue weighted by molar-refractivity contribution is 5.92. The molecule has 3 nitrogen and oxygen atoms in total. The summed E-state index contributed by atoms with van der Waals surface area (Å²) in [6, 6.07) is 8.30. The third-order valence-electron chi connectivity index (χ3n) is 2.48. The predicted octanol–water partition coefficient (Wildman–Crippen LogP) is 3.19. The van der Waals surface area contributed by atoms with Crippen molar-refractivity contribution in [2.24, 2.45) is 16.6 Å². The van der Waals surface area contributed by atoms with Crippen LogP contribution in [0, 0.1) is 5.92 Å². The van der Waals surface area contributed by atoms with Crippen molar-refractivity contribution in [2.45, 2.75) is 33.6 Å². The summed E-state index contributed by atoms with van der Waals surface area (Å²) >= 11 is 0. The minimum Gasteiger partial charge on any atom is -0.370 e. The van der Waals surface area contributed by atoms with Crippen LogP contribution in [-0.4, -0.2) is 12.5 Å². The first kappa shape index (κ1) is 13.6. The fourth-order valence-corrected chi connectivity index (χ4v) is 1.42.